The van der Waals surface area contributed by atoms with Crippen molar-refractivity contribution in [2.45, 2.75) is 104 Å². The van der Waals surface area contributed by atoms with Crippen molar-refractivity contribution in [3.05, 3.63) is 0 Å². The van der Waals surface area contributed by atoms with Crippen LogP contribution < -0.4 is 0 Å². The molecule has 0 heteroatoms. The first-order valence-corrected chi connectivity index (χ1v) is 9.83. The molecule has 2 fully saturated rings. The van der Waals surface area contributed by atoms with E-state index in [1.165, 1.54) is 51.4 Å². The van der Waals surface area contributed by atoms with Crippen LogP contribution in [0.15, 0.2) is 0 Å². The Morgan fingerprint density at radius 2 is 1.45 bits per heavy atom. The largest absolute Gasteiger partial charge is 0.0654 e. The summed E-state index contributed by atoms with van der Waals surface area (Å²) in [5.74, 6) is 4.39. The maximum atomic E-state index is 2.37. The lowest BCUT2D eigenvalue weighted by molar-refractivity contribution is 0.133. The Labute approximate surface area is 128 Å². The van der Waals surface area contributed by atoms with Crippen LogP contribution in [0.3, 0.4) is 0 Å². The maximum absolute atomic E-state index is 2.37. The zero-order valence-electron chi connectivity index (χ0n) is 14.2. The van der Waals surface area contributed by atoms with Crippen molar-refractivity contribution in [2.75, 3.05) is 0 Å². The second-order valence-electron chi connectivity index (χ2n) is 7.86. The smallest absolute Gasteiger partial charge is 0.0383 e. The highest BCUT2D eigenvalue weighted by atomic mass is 14.4. The standard InChI is InChI=1S/C20H38/c1-3-5-6-9-17-12-14-19(15-13-17)20-11-7-10-18(16-20)8-4-2/h17-20H,3-16H2,1-2H3/t17-,18-,19+,20-/m1/s1. The molecular formula is C20H38. The van der Waals surface area contributed by atoms with Gasteiger partial charge in [-0.05, 0) is 42.9 Å². The summed E-state index contributed by atoms with van der Waals surface area (Å²) < 4.78 is 0. The minimum absolute atomic E-state index is 1.08. The molecule has 0 aromatic heterocycles. The number of rotatable bonds is 7. The fourth-order valence-electron chi connectivity index (χ4n) is 5.06. The van der Waals surface area contributed by atoms with Crippen LogP contribution >= 0.6 is 0 Å². The Kier molecular flexibility index (Phi) is 7.45. The molecule has 2 aliphatic rings. The average Bonchev–Trinajstić information content (AvgIpc) is 2.49. The van der Waals surface area contributed by atoms with Gasteiger partial charge in [-0.15, -0.1) is 0 Å². The van der Waals surface area contributed by atoms with Crippen molar-refractivity contribution in [1.29, 1.82) is 0 Å². The van der Waals surface area contributed by atoms with Gasteiger partial charge in [-0.25, -0.2) is 0 Å². The van der Waals surface area contributed by atoms with Crippen LogP contribution in [0, 0.1) is 23.7 Å². The van der Waals surface area contributed by atoms with Crippen LogP contribution in [0.2, 0.25) is 0 Å². The van der Waals surface area contributed by atoms with E-state index in [0.717, 1.165) is 23.7 Å². The minimum Gasteiger partial charge on any atom is -0.0654 e. The first kappa shape index (κ1) is 16.4. The molecule has 0 unspecified atom stereocenters. The predicted octanol–water partition coefficient (Wildman–Crippen LogP) is 6.98. The monoisotopic (exact) mass is 278 g/mol. The van der Waals surface area contributed by atoms with Gasteiger partial charge < -0.3 is 0 Å². The lowest BCUT2D eigenvalue weighted by Gasteiger charge is -2.38. The summed E-state index contributed by atoms with van der Waals surface area (Å²) in [5, 5.41) is 0. The first-order chi connectivity index (χ1) is 9.83. The fourth-order valence-corrected chi connectivity index (χ4v) is 5.06. The highest BCUT2D eigenvalue weighted by Crippen LogP contribution is 2.43. The maximum Gasteiger partial charge on any atom is -0.0383 e. The van der Waals surface area contributed by atoms with Gasteiger partial charge in [0.05, 0.1) is 0 Å². The highest BCUT2D eigenvalue weighted by Gasteiger charge is 2.30. The molecule has 0 spiro atoms. The summed E-state index contributed by atoms with van der Waals surface area (Å²) in [6.07, 6.45) is 21.2. The lowest BCUT2D eigenvalue weighted by Crippen LogP contribution is -2.26. The number of hydrogen-bond acceptors (Lipinski definition) is 0. The molecule has 0 N–H and O–H groups in total. The minimum atomic E-state index is 1.08. The van der Waals surface area contributed by atoms with Gasteiger partial charge in [-0.2, -0.15) is 0 Å². The van der Waals surface area contributed by atoms with Crippen LogP contribution in [0.4, 0.5) is 0 Å². The molecule has 0 bridgehead atoms. The van der Waals surface area contributed by atoms with Crippen molar-refractivity contribution < 1.29 is 0 Å². The van der Waals surface area contributed by atoms with Crippen LogP contribution in [0.1, 0.15) is 104 Å². The molecule has 0 nitrogen and oxygen atoms in total. The Morgan fingerprint density at radius 1 is 0.650 bits per heavy atom. The van der Waals surface area contributed by atoms with E-state index in [1.54, 1.807) is 38.5 Å². The second kappa shape index (κ2) is 9.11. The molecular weight excluding hydrogens is 240 g/mol. The molecule has 0 aromatic carbocycles. The van der Waals surface area contributed by atoms with E-state index in [-0.39, 0.29) is 0 Å². The Hall–Kier alpha value is 0. The molecule has 118 valence electrons. The number of unbranched alkanes of at least 4 members (excludes halogenated alkanes) is 2. The SMILES string of the molecule is CCCCC[C@H]1CC[C@@H]([C@@H]2CCC[C@@H](CCC)C2)CC1. The quantitative estimate of drug-likeness (QED) is 0.441. The Morgan fingerprint density at radius 3 is 2.15 bits per heavy atom. The summed E-state index contributed by atoms with van der Waals surface area (Å²) in [6.45, 7) is 4.69. The molecule has 2 saturated carbocycles. The third kappa shape index (κ3) is 5.08. The summed E-state index contributed by atoms with van der Waals surface area (Å²) in [7, 11) is 0. The van der Waals surface area contributed by atoms with Crippen LogP contribution in [-0.2, 0) is 0 Å². The summed E-state index contributed by atoms with van der Waals surface area (Å²) >= 11 is 0. The van der Waals surface area contributed by atoms with Crippen LogP contribution in [0.25, 0.3) is 0 Å². The van der Waals surface area contributed by atoms with Crippen molar-refractivity contribution in [1.82, 2.24) is 0 Å². The molecule has 0 radical (unpaired) electrons. The summed E-state index contributed by atoms with van der Waals surface area (Å²) in [5.41, 5.74) is 0. The molecule has 2 rings (SSSR count). The van der Waals surface area contributed by atoms with Gasteiger partial charge in [0.25, 0.3) is 0 Å². The summed E-state index contributed by atoms with van der Waals surface area (Å²) in [6, 6.07) is 0. The van der Waals surface area contributed by atoms with E-state index in [9.17, 15) is 0 Å². The normalized spacial score (nSPS) is 35.1. The van der Waals surface area contributed by atoms with Gasteiger partial charge in [0.2, 0.25) is 0 Å². The third-order valence-corrected chi connectivity index (χ3v) is 6.29. The van der Waals surface area contributed by atoms with Gasteiger partial charge in [-0.1, -0.05) is 84.5 Å². The average molecular weight is 279 g/mol. The Balaban J connectivity index is 1.67. The van der Waals surface area contributed by atoms with Crippen LogP contribution in [0.5, 0.6) is 0 Å². The molecule has 20 heavy (non-hydrogen) atoms. The molecule has 0 aliphatic heterocycles. The predicted molar refractivity (Wildman–Crippen MR) is 89.9 cm³/mol. The van der Waals surface area contributed by atoms with Gasteiger partial charge >= 0.3 is 0 Å². The van der Waals surface area contributed by atoms with E-state index < -0.39 is 0 Å². The van der Waals surface area contributed by atoms with Crippen molar-refractivity contribution in [3.8, 4) is 0 Å². The second-order valence-corrected chi connectivity index (χ2v) is 7.86. The highest BCUT2D eigenvalue weighted by molar-refractivity contribution is 4.82. The van der Waals surface area contributed by atoms with E-state index in [1.807, 2.05) is 0 Å². The van der Waals surface area contributed by atoms with E-state index >= 15 is 0 Å². The zero-order valence-corrected chi connectivity index (χ0v) is 14.2. The van der Waals surface area contributed by atoms with Crippen molar-refractivity contribution in [2.24, 2.45) is 23.7 Å². The number of hydrogen-bond donors (Lipinski definition) is 0. The topological polar surface area (TPSA) is 0 Å². The van der Waals surface area contributed by atoms with Crippen molar-refractivity contribution in [3.63, 3.8) is 0 Å². The van der Waals surface area contributed by atoms with E-state index in [4.69, 9.17) is 0 Å². The molecule has 0 aromatic rings. The van der Waals surface area contributed by atoms with E-state index in [2.05, 4.69) is 13.8 Å². The first-order valence-electron chi connectivity index (χ1n) is 9.83. The third-order valence-electron chi connectivity index (χ3n) is 6.29. The van der Waals surface area contributed by atoms with Gasteiger partial charge in [-0.3, -0.25) is 0 Å². The van der Waals surface area contributed by atoms with Crippen LogP contribution in [-0.4, -0.2) is 0 Å². The summed E-state index contributed by atoms with van der Waals surface area (Å²) in [4.78, 5) is 0. The molecule has 2 atom stereocenters. The molecule has 0 saturated heterocycles. The van der Waals surface area contributed by atoms with E-state index in [0.29, 0.717) is 0 Å². The fraction of sp³-hybridized carbons (Fsp3) is 1.00. The van der Waals surface area contributed by atoms with Gasteiger partial charge in [0.15, 0.2) is 0 Å². The van der Waals surface area contributed by atoms with Gasteiger partial charge in [0.1, 0.15) is 0 Å². The lowest BCUT2D eigenvalue weighted by atomic mass is 9.67. The Bertz CT molecular complexity index is 234. The zero-order chi connectivity index (χ0) is 14.2. The molecule has 0 amide bonds. The van der Waals surface area contributed by atoms with Gasteiger partial charge in [0, 0.05) is 0 Å². The van der Waals surface area contributed by atoms with Crippen molar-refractivity contribution >= 4 is 0 Å². The molecule has 0 heterocycles. The molecule has 2 aliphatic carbocycles.